The van der Waals surface area contributed by atoms with Crippen LogP contribution >= 0.6 is 0 Å². The number of hydrogen-bond donors (Lipinski definition) is 0. The second kappa shape index (κ2) is 8.78. The van der Waals surface area contributed by atoms with Gasteiger partial charge < -0.3 is 9.64 Å². The number of nitrogens with zero attached hydrogens (tertiary/aromatic N) is 4. The minimum absolute atomic E-state index is 0.0704. The summed E-state index contributed by atoms with van der Waals surface area (Å²) < 4.78 is 7.28. The molecule has 3 aromatic rings. The van der Waals surface area contributed by atoms with Crippen LogP contribution in [0.25, 0.3) is 16.9 Å². The SMILES string of the molecule is C#CCOc1ccc(-c2nn3c(C)cc(C)nc3c2CC(=O)N(CC)CC)cc1. The maximum absolute atomic E-state index is 12.9. The third-order valence-corrected chi connectivity index (χ3v) is 4.88. The van der Waals surface area contributed by atoms with Gasteiger partial charge in [-0.05, 0) is 58.0 Å². The van der Waals surface area contributed by atoms with E-state index < -0.39 is 0 Å². The Morgan fingerprint density at radius 3 is 2.52 bits per heavy atom. The fourth-order valence-corrected chi connectivity index (χ4v) is 3.43. The van der Waals surface area contributed by atoms with Crippen LogP contribution in [0.15, 0.2) is 30.3 Å². The van der Waals surface area contributed by atoms with Gasteiger partial charge >= 0.3 is 0 Å². The summed E-state index contributed by atoms with van der Waals surface area (Å²) in [5, 5.41) is 4.79. The zero-order valence-electron chi connectivity index (χ0n) is 17.4. The first-order chi connectivity index (χ1) is 14.0. The Labute approximate surface area is 171 Å². The number of terminal acetylenes is 1. The molecule has 0 saturated heterocycles. The fourth-order valence-electron chi connectivity index (χ4n) is 3.43. The normalized spacial score (nSPS) is 10.7. The summed E-state index contributed by atoms with van der Waals surface area (Å²) in [6.45, 7) is 9.49. The summed E-state index contributed by atoms with van der Waals surface area (Å²) >= 11 is 0. The van der Waals surface area contributed by atoms with Crippen molar-refractivity contribution in [3.05, 3.63) is 47.3 Å². The summed E-state index contributed by atoms with van der Waals surface area (Å²) in [4.78, 5) is 19.4. The molecule has 0 atom stereocenters. The van der Waals surface area contributed by atoms with Gasteiger partial charge in [-0.25, -0.2) is 9.50 Å². The van der Waals surface area contributed by atoms with Crippen LogP contribution in [0.4, 0.5) is 0 Å². The van der Waals surface area contributed by atoms with E-state index in [1.54, 1.807) is 0 Å². The van der Waals surface area contributed by atoms with E-state index in [0.717, 1.165) is 33.9 Å². The number of rotatable bonds is 7. The van der Waals surface area contributed by atoms with Crippen LogP contribution in [0.2, 0.25) is 0 Å². The average molecular weight is 390 g/mol. The molecule has 0 spiro atoms. The lowest BCUT2D eigenvalue weighted by Crippen LogP contribution is -2.31. The Morgan fingerprint density at radius 2 is 1.90 bits per heavy atom. The minimum Gasteiger partial charge on any atom is -0.481 e. The summed E-state index contributed by atoms with van der Waals surface area (Å²) in [6.07, 6.45) is 5.51. The second-order valence-electron chi connectivity index (χ2n) is 6.86. The van der Waals surface area contributed by atoms with Crippen molar-refractivity contribution in [1.82, 2.24) is 19.5 Å². The van der Waals surface area contributed by atoms with Gasteiger partial charge in [0.25, 0.3) is 0 Å². The van der Waals surface area contributed by atoms with E-state index in [2.05, 4.69) is 10.9 Å². The van der Waals surface area contributed by atoms with E-state index in [0.29, 0.717) is 18.8 Å². The molecule has 0 aliphatic heterocycles. The molecule has 0 fully saturated rings. The number of carbonyl (C=O) groups is 1. The van der Waals surface area contributed by atoms with Crippen LogP contribution < -0.4 is 4.74 Å². The first-order valence-corrected chi connectivity index (χ1v) is 9.78. The molecule has 2 heterocycles. The Balaban J connectivity index is 2.09. The molecule has 3 rings (SSSR count). The summed E-state index contributed by atoms with van der Waals surface area (Å²) in [5.41, 5.74) is 5.11. The Morgan fingerprint density at radius 1 is 1.21 bits per heavy atom. The molecule has 1 aromatic carbocycles. The second-order valence-corrected chi connectivity index (χ2v) is 6.86. The lowest BCUT2D eigenvalue weighted by atomic mass is 10.0. The van der Waals surface area contributed by atoms with Gasteiger partial charge in [-0.2, -0.15) is 5.10 Å². The number of carbonyl (C=O) groups excluding carboxylic acids is 1. The van der Waals surface area contributed by atoms with Crippen molar-refractivity contribution >= 4 is 11.6 Å². The predicted molar refractivity (Wildman–Crippen MR) is 114 cm³/mol. The molecule has 0 unspecified atom stereocenters. The van der Waals surface area contributed by atoms with Crippen LogP contribution in [0.5, 0.6) is 5.75 Å². The monoisotopic (exact) mass is 390 g/mol. The Bertz CT molecular complexity index is 1060. The van der Waals surface area contributed by atoms with Crippen molar-refractivity contribution < 1.29 is 9.53 Å². The number of likely N-dealkylation sites (N-methyl/N-ethyl adjacent to an activating group) is 1. The molecular formula is C23H26N4O2. The molecule has 6 heteroatoms. The van der Waals surface area contributed by atoms with Crippen molar-refractivity contribution in [1.29, 1.82) is 0 Å². The molecule has 6 nitrogen and oxygen atoms in total. The first-order valence-electron chi connectivity index (χ1n) is 9.78. The lowest BCUT2D eigenvalue weighted by Gasteiger charge is -2.18. The van der Waals surface area contributed by atoms with E-state index in [-0.39, 0.29) is 18.9 Å². The highest BCUT2D eigenvalue weighted by atomic mass is 16.5. The van der Waals surface area contributed by atoms with Gasteiger partial charge in [-0.15, -0.1) is 6.42 Å². The number of aryl methyl sites for hydroxylation is 2. The lowest BCUT2D eigenvalue weighted by molar-refractivity contribution is -0.130. The maximum atomic E-state index is 12.9. The van der Waals surface area contributed by atoms with Crippen LogP contribution in [-0.4, -0.2) is 45.1 Å². The van der Waals surface area contributed by atoms with Crippen molar-refractivity contribution in [3.8, 4) is 29.4 Å². The topological polar surface area (TPSA) is 59.7 Å². The number of amides is 1. The zero-order chi connectivity index (χ0) is 21.0. The number of fused-ring (bicyclic) bond motifs is 1. The highest BCUT2D eigenvalue weighted by Crippen LogP contribution is 2.29. The van der Waals surface area contributed by atoms with Gasteiger partial charge in [0.1, 0.15) is 12.4 Å². The van der Waals surface area contributed by atoms with Crippen LogP contribution in [0, 0.1) is 26.2 Å². The van der Waals surface area contributed by atoms with Gasteiger partial charge in [-0.3, -0.25) is 4.79 Å². The molecule has 1 amide bonds. The predicted octanol–water partition coefficient (Wildman–Crippen LogP) is 3.44. The largest absolute Gasteiger partial charge is 0.481 e. The number of ether oxygens (including phenoxy) is 1. The quantitative estimate of drug-likeness (QED) is 0.580. The number of hydrogen-bond acceptors (Lipinski definition) is 4. The third kappa shape index (κ3) is 4.24. The average Bonchev–Trinajstić information content (AvgIpc) is 3.06. The molecule has 0 aliphatic carbocycles. The van der Waals surface area contributed by atoms with Crippen molar-refractivity contribution in [3.63, 3.8) is 0 Å². The van der Waals surface area contributed by atoms with Gasteiger partial charge in [0.15, 0.2) is 5.65 Å². The van der Waals surface area contributed by atoms with E-state index in [9.17, 15) is 4.79 Å². The van der Waals surface area contributed by atoms with E-state index >= 15 is 0 Å². The molecule has 0 saturated carbocycles. The van der Waals surface area contributed by atoms with Crippen LogP contribution in [0.3, 0.4) is 0 Å². The smallest absolute Gasteiger partial charge is 0.227 e. The van der Waals surface area contributed by atoms with E-state index in [1.807, 2.05) is 67.4 Å². The van der Waals surface area contributed by atoms with Crippen LogP contribution in [-0.2, 0) is 11.2 Å². The Kier molecular flexibility index (Phi) is 6.18. The van der Waals surface area contributed by atoms with Crippen molar-refractivity contribution in [2.45, 2.75) is 34.1 Å². The molecule has 0 radical (unpaired) electrons. The minimum atomic E-state index is 0.0704. The number of benzene rings is 1. The highest BCUT2D eigenvalue weighted by molar-refractivity contribution is 5.84. The molecule has 150 valence electrons. The molecular weight excluding hydrogens is 364 g/mol. The van der Waals surface area contributed by atoms with Gasteiger partial charge in [0.2, 0.25) is 5.91 Å². The van der Waals surface area contributed by atoms with Gasteiger partial charge in [-0.1, -0.05) is 5.92 Å². The van der Waals surface area contributed by atoms with Crippen molar-refractivity contribution in [2.75, 3.05) is 19.7 Å². The molecule has 0 N–H and O–H groups in total. The van der Waals surface area contributed by atoms with E-state index in [1.165, 1.54) is 0 Å². The summed E-state index contributed by atoms with van der Waals surface area (Å²) in [5.74, 6) is 3.22. The Hall–Kier alpha value is -3.33. The van der Waals surface area contributed by atoms with Gasteiger partial charge in [0.05, 0.1) is 12.1 Å². The standard InChI is InChI=1S/C23H26N4O2/c1-6-13-29-19-11-9-18(10-12-19)22-20(15-21(28)26(7-2)8-3)23-24-16(4)14-17(5)27(23)25-22/h1,9-12,14H,7-8,13,15H2,2-5H3. The summed E-state index contributed by atoms with van der Waals surface area (Å²) in [6, 6.07) is 9.56. The summed E-state index contributed by atoms with van der Waals surface area (Å²) in [7, 11) is 0. The fraction of sp³-hybridized carbons (Fsp3) is 0.348. The number of aromatic nitrogens is 3. The van der Waals surface area contributed by atoms with Crippen molar-refractivity contribution in [2.24, 2.45) is 0 Å². The molecule has 0 aliphatic rings. The maximum Gasteiger partial charge on any atom is 0.227 e. The molecule has 2 aromatic heterocycles. The highest BCUT2D eigenvalue weighted by Gasteiger charge is 2.21. The van der Waals surface area contributed by atoms with Crippen LogP contribution in [0.1, 0.15) is 30.8 Å². The zero-order valence-corrected chi connectivity index (χ0v) is 17.4. The van der Waals surface area contributed by atoms with Gasteiger partial charge in [0, 0.05) is 35.6 Å². The third-order valence-electron chi connectivity index (χ3n) is 4.88. The molecule has 0 bridgehead atoms. The van der Waals surface area contributed by atoms with E-state index in [4.69, 9.17) is 16.3 Å². The first kappa shape index (κ1) is 20.4. The molecule has 29 heavy (non-hydrogen) atoms.